The second-order valence-corrected chi connectivity index (χ2v) is 3.46. The Hall–Kier alpha value is -0.340. The molecule has 2 atom stereocenters. The standard InChI is InChI=1S/C10H16O2/c1-2-5-9-10(11-7-3-1)6-4-8-12-9/h2,5,9-10H,1,3-4,6-8H2/b5-2-/t9-,10+/m1/s1. The van der Waals surface area contributed by atoms with Crippen LogP contribution in [0.1, 0.15) is 25.7 Å². The summed E-state index contributed by atoms with van der Waals surface area (Å²) in [5.74, 6) is 0. The van der Waals surface area contributed by atoms with Gasteiger partial charge in [0, 0.05) is 13.2 Å². The van der Waals surface area contributed by atoms with Crippen molar-refractivity contribution in [3.8, 4) is 0 Å². The molecule has 2 heterocycles. The number of rotatable bonds is 0. The molecule has 0 aromatic heterocycles. The molecule has 0 spiro atoms. The Labute approximate surface area is 73.5 Å². The van der Waals surface area contributed by atoms with Gasteiger partial charge in [-0.15, -0.1) is 0 Å². The van der Waals surface area contributed by atoms with Gasteiger partial charge in [-0.3, -0.25) is 0 Å². The third-order valence-corrected chi connectivity index (χ3v) is 2.48. The van der Waals surface area contributed by atoms with Gasteiger partial charge < -0.3 is 9.47 Å². The molecule has 0 aromatic rings. The Morgan fingerprint density at radius 1 is 1.08 bits per heavy atom. The summed E-state index contributed by atoms with van der Waals surface area (Å²) >= 11 is 0. The minimum absolute atomic E-state index is 0.235. The zero-order valence-corrected chi connectivity index (χ0v) is 7.37. The van der Waals surface area contributed by atoms with Gasteiger partial charge in [0.2, 0.25) is 0 Å². The summed E-state index contributed by atoms with van der Waals surface area (Å²) in [4.78, 5) is 0. The Balaban J connectivity index is 1.99. The Morgan fingerprint density at radius 2 is 2.00 bits per heavy atom. The molecule has 2 nitrogen and oxygen atoms in total. The van der Waals surface area contributed by atoms with Gasteiger partial charge >= 0.3 is 0 Å². The van der Waals surface area contributed by atoms with Crippen molar-refractivity contribution in [3.63, 3.8) is 0 Å². The molecule has 1 saturated heterocycles. The number of fused-ring (bicyclic) bond motifs is 1. The highest BCUT2D eigenvalue weighted by molar-refractivity contribution is 4.96. The topological polar surface area (TPSA) is 18.5 Å². The van der Waals surface area contributed by atoms with Crippen LogP contribution >= 0.6 is 0 Å². The maximum Gasteiger partial charge on any atom is 0.102 e. The first-order valence-electron chi connectivity index (χ1n) is 4.87. The van der Waals surface area contributed by atoms with Crippen molar-refractivity contribution in [1.29, 1.82) is 0 Å². The lowest BCUT2D eigenvalue weighted by molar-refractivity contribution is -0.0865. The molecule has 0 aliphatic carbocycles. The van der Waals surface area contributed by atoms with E-state index in [-0.39, 0.29) is 6.10 Å². The molecule has 2 aliphatic heterocycles. The summed E-state index contributed by atoms with van der Waals surface area (Å²) < 4.78 is 11.3. The second kappa shape index (κ2) is 4.06. The highest BCUT2D eigenvalue weighted by atomic mass is 16.5. The first kappa shape index (κ1) is 8.27. The van der Waals surface area contributed by atoms with E-state index >= 15 is 0 Å². The predicted octanol–water partition coefficient (Wildman–Crippen LogP) is 1.90. The number of hydrogen-bond acceptors (Lipinski definition) is 2. The van der Waals surface area contributed by atoms with Crippen molar-refractivity contribution in [2.45, 2.75) is 37.9 Å². The van der Waals surface area contributed by atoms with Gasteiger partial charge in [-0.2, -0.15) is 0 Å². The number of hydrogen-bond donors (Lipinski definition) is 0. The first-order chi connectivity index (χ1) is 5.97. The van der Waals surface area contributed by atoms with E-state index in [1.165, 1.54) is 0 Å². The minimum atomic E-state index is 0.235. The predicted molar refractivity (Wildman–Crippen MR) is 47.1 cm³/mol. The van der Waals surface area contributed by atoms with E-state index in [1.807, 2.05) is 0 Å². The lowest BCUT2D eigenvalue weighted by atomic mass is 10.0. The van der Waals surface area contributed by atoms with Crippen LogP contribution in [0.4, 0.5) is 0 Å². The molecule has 2 heteroatoms. The smallest absolute Gasteiger partial charge is 0.102 e. The fraction of sp³-hybridized carbons (Fsp3) is 0.800. The summed E-state index contributed by atoms with van der Waals surface area (Å²) in [5, 5.41) is 0. The average Bonchev–Trinajstić information content (AvgIpc) is 2.06. The van der Waals surface area contributed by atoms with E-state index in [4.69, 9.17) is 9.47 Å². The van der Waals surface area contributed by atoms with Crippen molar-refractivity contribution >= 4 is 0 Å². The van der Waals surface area contributed by atoms with Gasteiger partial charge in [0.05, 0.1) is 6.10 Å². The van der Waals surface area contributed by atoms with Gasteiger partial charge in [0.1, 0.15) is 6.10 Å². The molecule has 68 valence electrons. The van der Waals surface area contributed by atoms with E-state index in [2.05, 4.69) is 12.2 Å². The Morgan fingerprint density at radius 3 is 3.00 bits per heavy atom. The second-order valence-electron chi connectivity index (χ2n) is 3.46. The van der Waals surface area contributed by atoms with Gasteiger partial charge in [0.15, 0.2) is 0 Å². The zero-order chi connectivity index (χ0) is 8.23. The van der Waals surface area contributed by atoms with E-state index < -0.39 is 0 Å². The summed E-state index contributed by atoms with van der Waals surface area (Å²) in [6.07, 6.45) is 9.56. The number of ether oxygens (including phenoxy) is 2. The summed E-state index contributed by atoms with van der Waals surface area (Å²) in [6.45, 7) is 1.80. The van der Waals surface area contributed by atoms with Crippen LogP contribution in [-0.4, -0.2) is 25.4 Å². The molecule has 0 aromatic carbocycles. The highest BCUT2D eigenvalue weighted by Crippen LogP contribution is 2.20. The molecule has 0 amide bonds. The third-order valence-electron chi connectivity index (χ3n) is 2.48. The lowest BCUT2D eigenvalue weighted by Gasteiger charge is -2.30. The fourth-order valence-corrected chi connectivity index (χ4v) is 1.80. The molecule has 1 fully saturated rings. The molecule has 2 rings (SSSR count). The monoisotopic (exact) mass is 168 g/mol. The van der Waals surface area contributed by atoms with Crippen LogP contribution in [0.25, 0.3) is 0 Å². The number of allylic oxidation sites excluding steroid dienone is 1. The molecule has 0 bridgehead atoms. The molecule has 0 unspecified atom stereocenters. The first-order valence-corrected chi connectivity index (χ1v) is 4.87. The Bertz CT molecular complexity index is 165. The normalized spacial score (nSPS) is 39.3. The summed E-state index contributed by atoms with van der Waals surface area (Å²) in [7, 11) is 0. The molecule has 0 radical (unpaired) electrons. The summed E-state index contributed by atoms with van der Waals surface area (Å²) in [6, 6.07) is 0. The minimum Gasteiger partial charge on any atom is -0.375 e. The van der Waals surface area contributed by atoms with Crippen molar-refractivity contribution in [2.24, 2.45) is 0 Å². The van der Waals surface area contributed by atoms with Crippen LogP contribution < -0.4 is 0 Å². The van der Waals surface area contributed by atoms with Crippen molar-refractivity contribution in [1.82, 2.24) is 0 Å². The van der Waals surface area contributed by atoms with E-state index in [0.717, 1.165) is 38.9 Å². The van der Waals surface area contributed by atoms with Crippen LogP contribution in [0, 0.1) is 0 Å². The maximum absolute atomic E-state index is 5.71. The van der Waals surface area contributed by atoms with E-state index in [1.54, 1.807) is 0 Å². The van der Waals surface area contributed by atoms with Gasteiger partial charge in [-0.25, -0.2) is 0 Å². The van der Waals surface area contributed by atoms with Crippen LogP contribution in [0.3, 0.4) is 0 Å². The van der Waals surface area contributed by atoms with E-state index in [0.29, 0.717) is 6.10 Å². The molecule has 0 N–H and O–H groups in total. The van der Waals surface area contributed by atoms with Crippen LogP contribution in [0.5, 0.6) is 0 Å². The van der Waals surface area contributed by atoms with Gasteiger partial charge in [0.25, 0.3) is 0 Å². The lowest BCUT2D eigenvalue weighted by Crippen LogP contribution is -2.35. The van der Waals surface area contributed by atoms with Crippen LogP contribution in [-0.2, 0) is 9.47 Å². The summed E-state index contributed by atoms with van der Waals surface area (Å²) in [5.41, 5.74) is 0. The zero-order valence-electron chi connectivity index (χ0n) is 7.37. The molecule has 0 saturated carbocycles. The maximum atomic E-state index is 5.71. The van der Waals surface area contributed by atoms with E-state index in [9.17, 15) is 0 Å². The Kier molecular flexibility index (Phi) is 2.79. The van der Waals surface area contributed by atoms with Crippen molar-refractivity contribution < 1.29 is 9.47 Å². The van der Waals surface area contributed by atoms with Gasteiger partial charge in [-0.05, 0) is 25.7 Å². The molecule has 12 heavy (non-hydrogen) atoms. The largest absolute Gasteiger partial charge is 0.375 e. The quantitative estimate of drug-likeness (QED) is 0.514. The third kappa shape index (κ3) is 1.87. The van der Waals surface area contributed by atoms with Crippen molar-refractivity contribution in [3.05, 3.63) is 12.2 Å². The molecular weight excluding hydrogens is 152 g/mol. The van der Waals surface area contributed by atoms with Gasteiger partial charge in [-0.1, -0.05) is 12.2 Å². The fourth-order valence-electron chi connectivity index (χ4n) is 1.80. The van der Waals surface area contributed by atoms with Crippen molar-refractivity contribution in [2.75, 3.05) is 13.2 Å². The van der Waals surface area contributed by atoms with Crippen LogP contribution in [0.2, 0.25) is 0 Å². The molecule has 2 aliphatic rings. The average molecular weight is 168 g/mol. The SMILES string of the molecule is C1=C\[C@H]2OCCC[C@@H]2OCCC/1. The van der Waals surface area contributed by atoms with Crippen LogP contribution in [0.15, 0.2) is 12.2 Å². The highest BCUT2D eigenvalue weighted by Gasteiger charge is 2.24. The molecular formula is C10H16O2.